The van der Waals surface area contributed by atoms with E-state index in [4.69, 9.17) is 0 Å². The second kappa shape index (κ2) is 15.3. The average Bonchev–Trinajstić information content (AvgIpc) is 2.74. The normalized spacial score (nSPS) is 21.6. The highest BCUT2D eigenvalue weighted by molar-refractivity contribution is 8.03. The SMILES string of the molecule is CCCCCCCCCCC1(S(=O)(=O)O)C=CC=CC1C(=CSC(F)(F)F)CCCCCC. The van der Waals surface area contributed by atoms with Gasteiger partial charge in [0, 0.05) is 5.92 Å². The van der Waals surface area contributed by atoms with E-state index in [9.17, 15) is 26.1 Å². The van der Waals surface area contributed by atoms with Crippen molar-refractivity contribution in [2.45, 2.75) is 114 Å². The summed E-state index contributed by atoms with van der Waals surface area (Å²) in [4.78, 5) is 0. The molecule has 0 aliphatic heterocycles. The zero-order valence-electron chi connectivity index (χ0n) is 20.1. The number of unbranched alkanes of at least 4 members (excludes halogenated alkanes) is 10. The van der Waals surface area contributed by atoms with Gasteiger partial charge in [0.1, 0.15) is 4.75 Å². The van der Waals surface area contributed by atoms with Gasteiger partial charge in [-0.1, -0.05) is 114 Å². The Hall–Kier alpha value is -0.730. The highest BCUT2D eigenvalue weighted by Gasteiger charge is 2.48. The molecule has 2 atom stereocenters. The van der Waals surface area contributed by atoms with Gasteiger partial charge >= 0.3 is 5.51 Å². The first kappa shape index (κ1) is 30.3. The lowest BCUT2D eigenvalue weighted by atomic mass is 9.78. The van der Waals surface area contributed by atoms with E-state index in [2.05, 4.69) is 13.8 Å². The van der Waals surface area contributed by atoms with Gasteiger partial charge in [-0.05, 0) is 36.4 Å². The molecule has 0 amide bonds. The molecule has 0 radical (unpaired) electrons. The summed E-state index contributed by atoms with van der Waals surface area (Å²) in [6.45, 7) is 4.22. The van der Waals surface area contributed by atoms with E-state index in [0.29, 0.717) is 24.8 Å². The van der Waals surface area contributed by atoms with Crippen molar-refractivity contribution in [2.75, 3.05) is 0 Å². The number of thioether (sulfide) groups is 1. The van der Waals surface area contributed by atoms with Gasteiger partial charge in [0.2, 0.25) is 0 Å². The third kappa shape index (κ3) is 11.0. The van der Waals surface area contributed by atoms with Crippen LogP contribution < -0.4 is 0 Å². The Morgan fingerprint density at radius 1 is 0.939 bits per heavy atom. The van der Waals surface area contributed by atoms with Crippen molar-refractivity contribution in [3.8, 4) is 0 Å². The van der Waals surface area contributed by atoms with Crippen LogP contribution in [0.3, 0.4) is 0 Å². The van der Waals surface area contributed by atoms with Gasteiger partial charge < -0.3 is 0 Å². The third-order valence-corrected chi connectivity index (χ3v) is 8.53. The van der Waals surface area contributed by atoms with Gasteiger partial charge in [-0.25, -0.2) is 0 Å². The van der Waals surface area contributed by atoms with Gasteiger partial charge in [-0.3, -0.25) is 4.55 Å². The fourth-order valence-electron chi connectivity index (χ4n) is 4.43. The summed E-state index contributed by atoms with van der Waals surface area (Å²) in [5.41, 5.74) is -4.02. The summed E-state index contributed by atoms with van der Waals surface area (Å²) in [5.74, 6) is -0.807. The molecule has 0 spiro atoms. The van der Waals surface area contributed by atoms with Crippen LogP contribution in [0.25, 0.3) is 0 Å². The average molecular weight is 511 g/mol. The molecular formula is C25H41F3O3S2. The Kier molecular flexibility index (Phi) is 14.1. The number of allylic oxidation sites excluding steroid dienone is 4. The van der Waals surface area contributed by atoms with Crippen LogP contribution in [0.5, 0.6) is 0 Å². The van der Waals surface area contributed by atoms with Crippen LogP contribution in [-0.2, 0) is 10.1 Å². The predicted molar refractivity (Wildman–Crippen MR) is 134 cm³/mol. The third-order valence-electron chi connectivity index (χ3n) is 6.28. The number of rotatable bonds is 17. The molecule has 0 heterocycles. The van der Waals surface area contributed by atoms with Gasteiger partial charge in [0.25, 0.3) is 10.1 Å². The lowest BCUT2D eigenvalue weighted by Gasteiger charge is -2.37. The smallest absolute Gasteiger partial charge is 0.285 e. The molecule has 33 heavy (non-hydrogen) atoms. The van der Waals surface area contributed by atoms with Gasteiger partial charge in [-0.2, -0.15) is 21.6 Å². The first-order valence-electron chi connectivity index (χ1n) is 12.3. The van der Waals surface area contributed by atoms with Crippen molar-refractivity contribution in [3.63, 3.8) is 0 Å². The Labute approximate surface area is 203 Å². The molecule has 0 saturated heterocycles. The maximum atomic E-state index is 13.0. The Morgan fingerprint density at radius 2 is 1.48 bits per heavy atom. The molecule has 0 aromatic carbocycles. The maximum absolute atomic E-state index is 13.0. The van der Waals surface area contributed by atoms with Crippen molar-refractivity contribution in [3.05, 3.63) is 35.3 Å². The minimum absolute atomic E-state index is 0.190. The van der Waals surface area contributed by atoms with E-state index >= 15 is 0 Å². The second-order valence-corrected chi connectivity index (χ2v) is 11.6. The van der Waals surface area contributed by atoms with Crippen LogP contribution in [0.4, 0.5) is 13.2 Å². The molecule has 8 heteroatoms. The number of halogens is 3. The largest absolute Gasteiger partial charge is 0.445 e. The van der Waals surface area contributed by atoms with E-state index in [1.54, 1.807) is 18.2 Å². The van der Waals surface area contributed by atoms with Gasteiger partial charge in [-0.15, -0.1) is 0 Å². The van der Waals surface area contributed by atoms with Gasteiger partial charge in [0.15, 0.2) is 0 Å². The van der Waals surface area contributed by atoms with Crippen molar-refractivity contribution in [1.82, 2.24) is 0 Å². The van der Waals surface area contributed by atoms with E-state index in [1.165, 1.54) is 25.3 Å². The monoisotopic (exact) mass is 510 g/mol. The summed E-state index contributed by atoms with van der Waals surface area (Å²) < 4.78 is 72.9. The van der Waals surface area contributed by atoms with Crippen LogP contribution in [-0.4, -0.2) is 23.2 Å². The molecule has 1 N–H and O–H groups in total. The molecule has 192 valence electrons. The molecular weight excluding hydrogens is 469 g/mol. The standard InChI is InChI=1S/C25H41F3O3S2/c1-3-5-7-9-10-11-12-15-19-24(33(29,30)31)20-16-14-18-23(24)22(17-13-8-6-4-2)21-32-25(26,27)28/h14,16,18,20-21,23H,3-13,15,17,19H2,1-2H3,(H,29,30,31). The van der Waals surface area contributed by atoms with Crippen molar-refractivity contribution >= 4 is 21.9 Å². The molecule has 1 aliphatic rings. The van der Waals surface area contributed by atoms with Crippen molar-refractivity contribution < 1.29 is 26.1 Å². The van der Waals surface area contributed by atoms with Crippen LogP contribution in [0.1, 0.15) is 104 Å². The van der Waals surface area contributed by atoms with Crippen LogP contribution >= 0.6 is 11.8 Å². The summed E-state index contributed by atoms with van der Waals surface area (Å²) in [6, 6.07) is 0. The summed E-state index contributed by atoms with van der Waals surface area (Å²) >= 11 is -0.245. The molecule has 0 aromatic heterocycles. The van der Waals surface area contributed by atoms with Gasteiger partial charge in [0.05, 0.1) is 0 Å². The van der Waals surface area contributed by atoms with Crippen molar-refractivity contribution in [2.24, 2.45) is 5.92 Å². The molecule has 0 saturated carbocycles. The van der Waals surface area contributed by atoms with Crippen LogP contribution in [0, 0.1) is 5.92 Å². The topological polar surface area (TPSA) is 54.4 Å². The molecule has 1 rings (SSSR count). The number of hydrogen-bond donors (Lipinski definition) is 1. The molecule has 0 bridgehead atoms. The molecule has 1 aliphatic carbocycles. The predicted octanol–water partition coefficient (Wildman–Crippen LogP) is 8.99. The highest BCUT2D eigenvalue weighted by atomic mass is 32.2. The Bertz CT molecular complexity index is 742. The minimum Gasteiger partial charge on any atom is -0.285 e. The number of hydrogen-bond acceptors (Lipinski definition) is 3. The fourth-order valence-corrected chi connectivity index (χ4v) is 6.19. The van der Waals surface area contributed by atoms with Crippen LogP contribution in [0.15, 0.2) is 35.3 Å². The Morgan fingerprint density at radius 3 is 2.03 bits per heavy atom. The summed E-state index contributed by atoms with van der Waals surface area (Å²) in [5, 5.41) is 1.06. The molecule has 0 fully saturated rings. The van der Waals surface area contributed by atoms with E-state index in [-0.39, 0.29) is 18.2 Å². The minimum atomic E-state index is -4.54. The van der Waals surface area contributed by atoms with E-state index in [1.807, 2.05) is 0 Å². The first-order valence-corrected chi connectivity index (χ1v) is 14.7. The van der Waals surface area contributed by atoms with E-state index in [0.717, 1.165) is 50.4 Å². The number of alkyl halides is 3. The lowest BCUT2D eigenvalue weighted by molar-refractivity contribution is -0.0320. The molecule has 0 aromatic rings. The zero-order valence-corrected chi connectivity index (χ0v) is 21.7. The summed E-state index contributed by atoms with van der Waals surface area (Å²) in [7, 11) is -4.54. The van der Waals surface area contributed by atoms with Crippen molar-refractivity contribution in [1.29, 1.82) is 0 Å². The van der Waals surface area contributed by atoms with E-state index < -0.39 is 26.3 Å². The maximum Gasteiger partial charge on any atom is 0.445 e. The zero-order chi connectivity index (χ0) is 24.8. The fraction of sp³-hybridized carbons (Fsp3) is 0.760. The van der Waals surface area contributed by atoms with Crippen LogP contribution in [0.2, 0.25) is 0 Å². The lowest BCUT2D eigenvalue weighted by Crippen LogP contribution is -2.45. The molecule has 3 nitrogen and oxygen atoms in total. The quantitative estimate of drug-likeness (QED) is 0.157. The second-order valence-electron chi connectivity index (χ2n) is 8.94. The first-order chi connectivity index (χ1) is 15.6. The highest BCUT2D eigenvalue weighted by Crippen LogP contribution is 2.44. The summed E-state index contributed by atoms with van der Waals surface area (Å²) in [6.07, 6.45) is 18.7. The Balaban J connectivity index is 3.02. The molecule has 2 unspecified atom stereocenters.